The lowest BCUT2D eigenvalue weighted by atomic mass is 10.3. The van der Waals surface area contributed by atoms with Gasteiger partial charge >= 0.3 is 11.9 Å². The molecule has 7 nitrogen and oxygen atoms in total. The zero-order valence-electron chi connectivity index (χ0n) is 14.4. The number of carbonyl (C=O) groups is 2. The van der Waals surface area contributed by atoms with Crippen LogP contribution in [-0.4, -0.2) is 29.7 Å². The molecular weight excluding hydrogens is 356 g/mol. The van der Waals surface area contributed by atoms with Gasteiger partial charge in [-0.3, -0.25) is 9.59 Å². The lowest BCUT2D eigenvalue weighted by Gasteiger charge is -2.09. The predicted octanol–water partition coefficient (Wildman–Crippen LogP) is 3.00. The first-order valence-corrected chi connectivity index (χ1v) is 8.99. The number of hydrogen-bond donors (Lipinski definition) is 0. The molecule has 3 aromatic rings. The minimum absolute atomic E-state index is 0.0673. The van der Waals surface area contributed by atoms with E-state index in [1.165, 1.54) is 17.6 Å². The van der Waals surface area contributed by atoms with Crippen LogP contribution in [-0.2, 0) is 16.1 Å². The number of fused-ring (bicyclic) bond motifs is 1. The fourth-order valence-corrected chi connectivity index (χ4v) is 3.52. The monoisotopic (exact) mass is 374 g/mol. The molecule has 0 aliphatic heterocycles. The van der Waals surface area contributed by atoms with Gasteiger partial charge in [0.05, 0.1) is 24.2 Å². The standard InChI is InChI=1S/C18H18N2O5S/c1-3-23-12-7-5-9-14-16(12)20(11-15(21)24-4-2)18(26-14)19-17(22)13-8-6-10-25-13/h5-10H,3-4,11H2,1-2H3. The highest BCUT2D eigenvalue weighted by molar-refractivity contribution is 7.16. The zero-order chi connectivity index (χ0) is 18.5. The summed E-state index contributed by atoms with van der Waals surface area (Å²) in [5, 5.41) is 0. The first kappa shape index (κ1) is 17.9. The van der Waals surface area contributed by atoms with Gasteiger partial charge in [0.25, 0.3) is 0 Å². The van der Waals surface area contributed by atoms with Gasteiger partial charge in [0.2, 0.25) is 0 Å². The van der Waals surface area contributed by atoms with Gasteiger partial charge in [0.1, 0.15) is 17.8 Å². The van der Waals surface area contributed by atoms with Crippen molar-refractivity contribution in [1.29, 1.82) is 0 Å². The van der Waals surface area contributed by atoms with Crippen molar-refractivity contribution in [2.45, 2.75) is 20.4 Å². The normalized spacial score (nSPS) is 11.7. The third-order valence-corrected chi connectivity index (χ3v) is 4.53. The maximum atomic E-state index is 12.3. The summed E-state index contributed by atoms with van der Waals surface area (Å²) in [6, 6.07) is 8.73. The van der Waals surface area contributed by atoms with E-state index < -0.39 is 11.9 Å². The van der Waals surface area contributed by atoms with Gasteiger partial charge in [-0.2, -0.15) is 4.99 Å². The predicted molar refractivity (Wildman–Crippen MR) is 96.2 cm³/mol. The summed E-state index contributed by atoms with van der Waals surface area (Å²) in [5.41, 5.74) is 0.707. The Morgan fingerprint density at radius 2 is 2.04 bits per heavy atom. The van der Waals surface area contributed by atoms with Crippen molar-refractivity contribution in [3.05, 3.63) is 47.2 Å². The molecule has 0 bridgehead atoms. The van der Waals surface area contributed by atoms with Gasteiger partial charge in [-0.15, -0.1) is 0 Å². The van der Waals surface area contributed by atoms with E-state index in [0.29, 0.717) is 22.7 Å². The number of aromatic nitrogens is 1. The molecule has 1 amide bonds. The molecule has 0 spiro atoms. The smallest absolute Gasteiger partial charge is 0.326 e. The van der Waals surface area contributed by atoms with Crippen LogP contribution in [0.25, 0.3) is 10.2 Å². The van der Waals surface area contributed by atoms with E-state index >= 15 is 0 Å². The third-order valence-electron chi connectivity index (χ3n) is 3.49. The molecule has 2 heterocycles. The molecular formula is C18H18N2O5S. The molecule has 1 aromatic carbocycles. The highest BCUT2D eigenvalue weighted by atomic mass is 32.1. The molecule has 0 saturated heterocycles. The van der Waals surface area contributed by atoms with Crippen molar-refractivity contribution in [2.24, 2.45) is 4.99 Å². The van der Waals surface area contributed by atoms with E-state index in [9.17, 15) is 9.59 Å². The molecule has 0 radical (unpaired) electrons. The second kappa shape index (κ2) is 8.01. The van der Waals surface area contributed by atoms with Gasteiger partial charge in [0.15, 0.2) is 10.6 Å². The Hall–Kier alpha value is -2.87. The fraction of sp³-hybridized carbons (Fsp3) is 0.278. The van der Waals surface area contributed by atoms with E-state index in [2.05, 4.69) is 4.99 Å². The van der Waals surface area contributed by atoms with Crippen LogP contribution < -0.4 is 9.54 Å². The highest BCUT2D eigenvalue weighted by Gasteiger charge is 2.16. The Morgan fingerprint density at radius 1 is 1.19 bits per heavy atom. The van der Waals surface area contributed by atoms with Crippen LogP contribution in [0.5, 0.6) is 5.75 Å². The Bertz CT molecular complexity index is 985. The Labute approximate surface area is 153 Å². The zero-order valence-corrected chi connectivity index (χ0v) is 15.2. The first-order chi connectivity index (χ1) is 12.6. The van der Waals surface area contributed by atoms with E-state index in [-0.39, 0.29) is 18.9 Å². The SMILES string of the molecule is CCOC(=O)Cn1c(=NC(=O)c2ccco2)sc2cccc(OCC)c21. The maximum Gasteiger partial charge on any atom is 0.326 e. The summed E-state index contributed by atoms with van der Waals surface area (Å²) < 4.78 is 18.3. The average Bonchev–Trinajstić information content (AvgIpc) is 3.25. The number of ether oxygens (including phenoxy) is 2. The van der Waals surface area contributed by atoms with Crippen molar-refractivity contribution in [2.75, 3.05) is 13.2 Å². The lowest BCUT2D eigenvalue weighted by Crippen LogP contribution is -2.23. The lowest BCUT2D eigenvalue weighted by molar-refractivity contribution is -0.143. The molecule has 0 aliphatic rings. The quantitative estimate of drug-likeness (QED) is 0.620. The maximum absolute atomic E-state index is 12.3. The van der Waals surface area contributed by atoms with Crippen LogP contribution in [0, 0.1) is 0 Å². The van der Waals surface area contributed by atoms with E-state index in [4.69, 9.17) is 13.9 Å². The second-order valence-electron chi connectivity index (χ2n) is 5.21. The van der Waals surface area contributed by atoms with Crippen molar-refractivity contribution < 1.29 is 23.5 Å². The molecule has 0 saturated carbocycles. The van der Waals surface area contributed by atoms with Gasteiger partial charge in [-0.1, -0.05) is 17.4 Å². The number of para-hydroxylation sites is 1. The second-order valence-corrected chi connectivity index (χ2v) is 6.22. The molecule has 0 aliphatic carbocycles. The van der Waals surface area contributed by atoms with Crippen LogP contribution >= 0.6 is 11.3 Å². The fourth-order valence-electron chi connectivity index (χ4n) is 2.48. The Morgan fingerprint density at radius 3 is 2.73 bits per heavy atom. The average molecular weight is 374 g/mol. The summed E-state index contributed by atoms with van der Waals surface area (Å²) in [5.74, 6) is -0.171. The van der Waals surface area contributed by atoms with Crippen LogP contribution in [0.15, 0.2) is 46.0 Å². The summed E-state index contributed by atoms with van der Waals surface area (Å²) in [6.07, 6.45) is 1.41. The van der Waals surface area contributed by atoms with E-state index in [0.717, 1.165) is 4.70 Å². The number of amides is 1. The minimum Gasteiger partial charge on any atom is -0.492 e. The number of hydrogen-bond acceptors (Lipinski definition) is 6. The molecule has 3 rings (SSSR count). The number of esters is 1. The van der Waals surface area contributed by atoms with Gasteiger partial charge in [-0.25, -0.2) is 0 Å². The molecule has 136 valence electrons. The molecule has 2 aromatic heterocycles. The van der Waals surface area contributed by atoms with Crippen molar-refractivity contribution in [1.82, 2.24) is 4.57 Å². The number of furan rings is 1. The largest absolute Gasteiger partial charge is 0.492 e. The molecule has 0 N–H and O–H groups in total. The van der Waals surface area contributed by atoms with Crippen LogP contribution in [0.3, 0.4) is 0 Å². The van der Waals surface area contributed by atoms with Gasteiger partial charge in [-0.05, 0) is 38.1 Å². The van der Waals surface area contributed by atoms with Crippen molar-refractivity contribution >= 4 is 33.4 Å². The van der Waals surface area contributed by atoms with Crippen molar-refractivity contribution in [3.63, 3.8) is 0 Å². The van der Waals surface area contributed by atoms with Crippen LogP contribution in [0.1, 0.15) is 24.4 Å². The van der Waals surface area contributed by atoms with E-state index in [1.807, 2.05) is 25.1 Å². The highest BCUT2D eigenvalue weighted by Crippen LogP contribution is 2.27. The first-order valence-electron chi connectivity index (χ1n) is 8.17. The molecule has 0 fully saturated rings. The number of thiazole rings is 1. The molecule has 8 heteroatoms. The topological polar surface area (TPSA) is 83.0 Å². The number of carbonyl (C=O) groups excluding carboxylic acids is 2. The Balaban J connectivity index is 2.16. The molecule has 0 unspecified atom stereocenters. The molecule has 26 heavy (non-hydrogen) atoms. The van der Waals surface area contributed by atoms with Gasteiger partial charge < -0.3 is 18.5 Å². The van der Waals surface area contributed by atoms with Crippen LogP contribution in [0.2, 0.25) is 0 Å². The number of rotatable bonds is 6. The summed E-state index contributed by atoms with van der Waals surface area (Å²) >= 11 is 1.30. The number of nitrogens with zero attached hydrogens (tertiary/aromatic N) is 2. The third kappa shape index (κ3) is 3.70. The van der Waals surface area contributed by atoms with Crippen LogP contribution in [0.4, 0.5) is 0 Å². The minimum atomic E-state index is -0.517. The van der Waals surface area contributed by atoms with Gasteiger partial charge in [0, 0.05) is 0 Å². The summed E-state index contributed by atoms with van der Waals surface area (Å²) in [6.45, 7) is 4.31. The summed E-state index contributed by atoms with van der Waals surface area (Å²) in [7, 11) is 0. The Kier molecular flexibility index (Phi) is 5.52. The summed E-state index contributed by atoms with van der Waals surface area (Å²) in [4.78, 5) is 28.9. The molecule has 0 atom stereocenters. The number of benzene rings is 1. The van der Waals surface area contributed by atoms with E-state index in [1.54, 1.807) is 23.6 Å². The van der Waals surface area contributed by atoms with Crippen molar-refractivity contribution in [3.8, 4) is 5.75 Å².